The number of rotatable bonds is 3. The van der Waals surface area contributed by atoms with E-state index in [1.165, 1.54) is 37.7 Å². The Hall–Kier alpha value is -2.50. The Labute approximate surface area is 251 Å². The van der Waals surface area contributed by atoms with Crippen molar-refractivity contribution in [1.29, 1.82) is 0 Å². The van der Waals surface area contributed by atoms with E-state index in [9.17, 15) is 4.79 Å². The molecule has 0 N–H and O–H groups in total. The molecular weight excluding hydrogens is 524 g/mol. The number of carbonyl (C=O) groups is 1. The summed E-state index contributed by atoms with van der Waals surface area (Å²) in [6.45, 7) is 10.6. The Bertz CT molecular complexity index is 1290. The topological polar surface area (TPSA) is 87.5 Å². The number of piperidine rings is 1. The van der Waals surface area contributed by atoms with Crippen LogP contribution in [0.4, 0.5) is 4.79 Å². The molecular formula is C35H48N4O3. The molecule has 7 heteroatoms. The molecule has 2 heterocycles. The van der Waals surface area contributed by atoms with Gasteiger partial charge in [0.1, 0.15) is 6.61 Å². The first-order valence-electron chi connectivity index (χ1n) is 16.6. The fourth-order valence-electron chi connectivity index (χ4n) is 11.1. The fraction of sp³-hybridized carbons (Fsp3) is 0.743. The van der Waals surface area contributed by atoms with Crippen molar-refractivity contribution in [1.82, 2.24) is 4.90 Å². The molecule has 0 radical (unpaired) electrons. The van der Waals surface area contributed by atoms with E-state index in [0.717, 1.165) is 49.6 Å². The summed E-state index contributed by atoms with van der Waals surface area (Å²) in [5, 5.41) is 4.14. The van der Waals surface area contributed by atoms with Gasteiger partial charge in [-0.2, -0.15) is 0 Å². The zero-order valence-corrected chi connectivity index (χ0v) is 25.9. The van der Waals surface area contributed by atoms with Crippen LogP contribution in [0.3, 0.4) is 0 Å². The Balaban J connectivity index is 1.13. The highest BCUT2D eigenvalue weighted by atomic mass is 16.6. The molecule has 7 rings (SSSR count). The summed E-state index contributed by atoms with van der Waals surface area (Å²) in [6.07, 6.45) is 10.2. The lowest BCUT2D eigenvalue weighted by molar-refractivity contribution is -0.0665. The van der Waals surface area contributed by atoms with Gasteiger partial charge in [0.15, 0.2) is 0 Å². The van der Waals surface area contributed by atoms with Crippen molar-refractivity contribution < 1.29 is 14.3 Å². The molecule has 1 aromatic carbocycles. The summed E-state index contributed by atoms with van der Waals surface area (Å²) in [6, 6.07) is 10.2. The second-order valence-electron chi connectivity index (χ2n) is 15.0. The lowest BCUT2D eigenvalue weighted by Gasteiger charge is -2.53. The minimum absolute atomic E-state index is 0.0538. The SMILES string of the molecule is CC1=C2C[C@H]3C(CC[C@@H]4C[C@H](N=[N+]=[N-])CC[C@@]43C)[C@@H]2CC[C@]12O[C@@H]1CC(C)CN(C(=O)OCc3ccccc3)[C@H]1[C@H]2C. The Morgan fingerprint density at radius 3 is 2.74 bits per heavy atom. The minimum atomic E-state index is -0.282. The van der Waals surface area contributed by atoms with Gasteiger partial charge in [-0.3, -0.25) is 0 Å². The van der Waals surface area contributed by atoms with Gasteiger partial charge >= 0.3 is 6.09 Å². The zero-order valence-electron chi connectivity index (χ0n) is 25.9. The molecule has 42 heavy (non-hydrogen) atoms. The number of allylic oxidation sites excluding steroid dienone is 1. The maximum Gasteiger partial charge on any atom is 0.410 e. The van der Waals surface area contributed by atoms with Crippen LogP contribution < -0.4 is 0 Å². The number of azide groups is 1. The number of hydrogen-bond acceptors (Lipinski definition) is 4. The van der Waals surface area contributed by atoms with Crippen LogP contribution in [-0.4, -0.2) is 41.3 Å². The van der Waals surface area contributed by atoms with Crippen molar-refractivity contribution in [2.75, 3.05) is 6.54 Å². The summed E-state index contributed by atoms with van der Waals surface area (Å²) in [5.41, 5.74) is 13.3. The summed E-state index contributed by atoms with van der Waals surface area (Å²) >= 11 is 0. The number of hydrogen-bond donors (Lipinski definition) is 0. The zero-order chi connectivity index (χ0) is 29.2. The highest BCUT2D eigenvalue weighted by molar-refractivity contribution is 5.68. The van der Waals surface area contributed by atoms with Crippen LogP contribution in [0.15, 0.2) is 46.6 Å². The van der Waals surface area contributed by atoms with Gasteiger partial charge in [-0.15, -0.1) is 0 Å². The molecule has 6 aliphatic rings. The van der Waals surface area contributed by atoms with Gasteiger partial charge in [0.05, 0.1) is 17.7 Å². The van der Waals surface area contributed by atoms with Crippen LogP contribution in [0.2, 0.25) is 0 Å². The smallest absolute Gasteiger partial charge is 0.410 e. The highest BCUT2D eigenvalue weighted by Gasteiger charge is 2.63. The molecule has 2 aliphatic heterocycles. The molecule has 226 valence electrons. The number of nitrogens with zero attached hydrogens (tertiary/aromatic N) is 4. The molecule has 0 aromatic heterocycles. The molecule has 7 nitrogen and oxygen atoms in total. The Morgan fingerprint density at radius 1 is 1.14 bits per heavy atom. The molecule has 1 spiro atoms. The third-order valence-electron chi connectivity index (χ3n) is 13.2. The van der Waals surface area contributed by atoms with E-state index in [2.05, 4.69) is 37.7 Å². The van der Waals surface area contributed by atoms with Gasteiger partial charge < -0.3 is 14.4 Å². The average Bonchev–Trinajstić information content (AvgIpc) is 3.51. The van der Waals surface area contributed by atoms with Crippen LogP contribution in [-0.2, 0) is 16.1 Å². The van der Waals surface area contributed by atoms with E-state index in [0.29, 0.717) is 29.8 Å². The highest BCUT2D eigenvalue weighted by Crippen LogP contribution is 2.66. The van der Waals surface area contributed by atoms with E-state index in [-0.39, 0.29) is 35.8 Å². The normalized spacial score (nSPS) is 44.1. The second-order valence-corrected chi connectivity index (χ2v) is 15.0. The minimum Gasteiger partial charge on any atom is -0.445 e. The van der Waals surface area contributed by atoms with Gasteiger partial charge in [0, 0.05) is 23.4 Å². The molecule has 1 aromatic rings. The molecule has 5 fully saturated rings. The van der Waals surface area contributed by atoms with E-state index < -0.39 is 0 Å². The van der Waals surface area contributed by atoms with Crippen LogP contribution in [0.1, 0.15) is 91.0 Å². The number of ether oxygens (including phenoxy) is 2. The lowest BCUT2D eigenvalue weighted by Crippen LogP contribution is -2.54. The third-order valence-corrected chi connectivity index (χ3v) is 13.2. The van der Waals surface area contributed by atoms with Crippen molar-refractivity contribution >= 4 is 6.09 Å². The molecule has 0 bridgehead atoms. The fourth-order valence-corrected chi connectivity index (χ4v) is 11.1. The average molecular weight is 573 g/mol. The van der Waals surface area contributed by atoms with Gasteiger partial charge in [0.25, 0.3) is 0 Å². The molecule has 2 saturated heterocycles. The number of benzene rings is 1. The summed E-state index contributed by atoms with van der Waals surface area (Å²) in [7, 11) is 0. The molecule has 11 atom stereocenters. The largest absolute Gasteiger partial charge is 0.445 e. The first kappa shape index (κ1) is 28.3. The van der Waals surface area contributed by atoms with Crippen molar-refractivity contribution in [3.05, 3.63) is 57.5 Å². The molecule has 2 unspecified atom stereocenters. The van der Waals surface area contributed by atoms with Gasteiger partial charge in [-0.1, -0.05) is 61.8 Å². The van der Waals surface area contributed by atoms with E-state index in [1.54, 1.807) is 5.57 Å². The maximum atomic E-state index is 13.6. The van der Waals surface area contributed by atoms with E-state index >= 15 is 0 Å². The van der Waals surface area contributed by atoms with Crippen LogP contribution in [0.25, 0.3) is 10.4 Å². The van der Waals surface area contributed by atoms with E-state index in [4.69, 9.17) is 15.0 Å². The summed E-state index contributed by atoms with van der Waals surface area (Å²) in [4.78, 5) is 18.7. The Kier molecular flexibility index (Phi) is 7.13. The summed E-state index contributed by atoms with van der Waals surface area (Å²) < 4.78 is 13.1. The molecule has 1 amide bonds. The van der Waals surface area contributed by atoms with Gasteiger partial charge in [0.2, 0.25) is 0 Å². The molecule has 3 saturated carbocycles. The third kappa shape index (κ3) is 4.32. The number of likely N-dealkylation sites (tertiary alicyclic amines) is 1. The van der Waals surface area contributed by atoms with Crippen LogP contribution >= 0.6 is 0 Å². The van der Waals surface area contributed by atoms with Crippen molar-refractivity contribution in [3.63, 3.8) is 0 Å². The predicted molar refractivity (Wildman–Crippen MR) is 162 cm³/mol. The van der Waals surface area contributed by atoms with Crippen LogP contribution in [0.5, 0.6) is 0 Å². The maximum absolute atomic E-state index is 13.6. The monoisotopic (exact) mass is 572 g/mol. The van der Waals surface area contributed by atoms with Crippen molar-refractivity contribution in [3.8, 4) is 0 Å². The quantitative estimate of drug-likeness (QED) is 0.158. The van der Waals surface area contributed by atoms with Gasteiger partial charge in [-0.05, 0) is 116 Å². The number of carbonyl (C=O) groups excluding carboxylic acids is 1. The first-order chi connectivity index (χ1) is 20.2. The van der Waals surface area contributed by atoms with Gasteiger partial charge in [-0.25, -0.2) is 4.79 Å². The van der Waals surface area contributed by atoms with Crippen LogP contribution in [0, 0.1) is 40.9 Å². The summed E-state index contributed by atoms with van der Waals surface area (Å²) in [5.74, 6) is 3.45. The molecule has 4 aliphatic carbocycles. The standard InChI is InChI=1S/C35H48N4O3/c1-21-16-31-32(39(19-21)33(40)41-20-24-8-6-5-7-9-24)23(3)35(42-31)15-13-27-28-11-10-25-17-26(37-38-36)12-14-34(25,4)30(28)18-29(27)22(35)2/h5-9,21,23,25-28,30-32H,10-20H2,1-4H3/t21?,23-,25-,26-,27+,28?,30+,31-,32+,34+,35+/m1/s1. The van der Waals surface area contributed by atoms with Crippen molar-refractivity contribution in [2.45, 2.75) is 116 Å². The predicted octanol–water partition coefficient (Wildman–Crippen LogP) is 8.45. The lowest BCUT2D eigenvalue weighted by atomic mass is 9.52. The number of amides is 1. The van der Waals surface area contributed by atoms with Crippen molar-refractivity contribution in [2.24, 2.45) is 46.0 Å². The van der Waals surface area contributed by atoms with E-state index in [1.807, 2.05) is 35.2 Å². The second kappa shape index (κ2) is 10.6. The number of fused-ring (bicyclic) bond motifs is 6. The first-order valence-corrected chi connectivity index (χ1v) is 16.6. The Morgan fingerprint density at radius 2 is 1.95 bits per heavy atom.